The topological polar surface area (TPSA) is 71.9 Å². The van der Waals surface area contributed by atoms with E-state index in [1.54, 1.807) is 0 Å². The van der Waals surface area contributed by atoms with Gasteiger partial charge in [-0.05, 0) is 19.1 Å². The molecular weight excluding hydrogens is 202 g/mol. The molecule has 16 heavy (non-hydrogen) atoms. The van der Waals surface area contributed by atoms with E-state index in [0.29, 0.717) is 17.9 Å². The second-order valence-corrected chi connectivity index (χ2v) is 3.31. The first kappa shape index (κ1) is 10.2. The lowest BCUT2D eigenvalue weighted by atomic mass is 10.1. The van der Waals surface area contributed by atoms with E-state index in [1.165, 1.54) is 6.20 Å². The van der Waals surface area contributed by atoms with Gasteiger partial charge in [0.15, 0.2) is 0 Å². The van der Waals surface area contributed by atoms with Gasteiger partial charge in [-0.1, -0.05) is 0 Å². The zero-order valence-electron chi connectivity index (χ0n) is 8.90. The monoisotopic (exact) mass is 213 g/mol. The standard InChI is InChI=1S/C12H11N3O/c1-2-16-9-3-4-10-11(5-9)15-7-8(6-13)12(10)14/h3-5,7H,2H2,1H3,(H2,14,15). The maximum atomic E-state index is 8.82. The Balaban J connectivity index is 2.61. The molecule has 1 heterocycles. The van der Waals surface area contributed by atoms with Crippen molar-refractivity contribution in [2.75, 3.05) is 12.3 Å². The molecule has 2 N–H and O–H groups in total. The molecule has 2 aromatic rings. The van der Waals surface area contributed by atoms with Crippen molar-refractivity contribution in [3.8, 4) is 11.8 Å². The second kappa shape index (κ2) is 4.07. The molecule has 1 aromatic carbocycles. The number of fused-ring (bicyclic) bond motifs is 1. The first-order valence-corrected chi connectivity index (χ1v) is 4.97. The van der Waals surface area contributed by atoms with Gasteiger partial charge < -0.3 is 10.5 Å². The van der Waals surface area contributed by atoms with Gasteiger partial charge in [0.05, 0.1) is 23.4 Å². The summed E-state index contributed by atoms with van der Waals surface area (Å²) in [7, 11) is 0. The van der Waals surface area contributed by atoms with Crippen LogP contribution in [0.5, 0.6) is 5.75 Å². The average molecular weight is 213 g/mol. The summed E-state index contributed by atoms with van der Waals surface area (Å²) in [6.45, 7) is 2.53. The van der Waals surface area contributed by atoms with E-state index in [9.17, 15) is 0 Å². The van der Waals surface area contributed by atoms with Crippen molar-refractivity contribution in [3.05, 3.63) is 30.0 Å². The molecule has 0 saturated heterocycles. The Morgan fingerprint density at radius 2 is 2.31 bits per heavy atom. The highest BCUT2D eigenvalue weighted by Gasteiger charge is 2.05. The first-order chi connectivity index (χ1) is 7.76. The number of hydrogen-bond donors (Lipinski definition) is 1. The number of nitrogens with zero attached hydrogens (tertiary/aromatic N) is 2. The van der Waals surface area contributed by atoms with Gasteiger partial charge in [-0.25, -0.2) is 0 Å². The number of pyridine rings is 1. The van der Waals surface area contributed by atoms with Crippen LogP contribution in [-0.4, -0.2) is 11.6 Å². The van der Waals surface area contributed by atoms with Crippen LogP contribution in [0.25, 0.3) is 10.9 Å². The van der Waals surface area contributed by atoms with Gasteiger partial charge in [-0.2, -0.15) is 5.26 Å². The van der Waals surface area contributed by atoms with Crippen LogP contribution in [0, 0.1) is 11.3 Å². The normalized spacial score (nSPS) is 10.0. The third-order valence-corrected chi connectivity index (χ3v) is 2.31. The number of nitrogen functional groups attached to an aromatic ring is 1. The van der Waals surface area contributed by atoms with Crippen molar-refractivity contribution in [1.82, 2.24) is 4.98 Å². The van der Waals surface area contributed by atoms with E-state index in [0.717, 1.165) is 16.7 Å². The molecule has 0 unspecified atom stereocenters. The molecule has 2 rings (SSSR count). The van der Waals surface area contributed by atoms with Gasteiger partial charge in [-0.15, -0.1) is 0 Å². The van der Waals surface area contributed by atoms with Gasteiger partial charge in [0, 0.05) is 17.6 Å². The maximum Gasteiger partial charge on any atom is 0.121 e. The van der Waals surface area contributed by atoms with E-state index in [2.05, 4.69) is 4.98 Å². The van der Waals surface area contributed by atoms with Crippen LogP contribution in [0.1, 0.15) is 12.5 Å². The molecule has 0 bridgehead atoms. The van der Waals surface area contributed by atoms with Gasteiger partial charge in [-0.3, -0.25) is 4.98 Å². The Labute approximate surface area is 93.3 Å². The minimum Gasteiger partial charge on any atom is -0.494 e. The molecule has 80 valence electrons. The van der Waals surface area contributed by atoms with Gasteiger partial charge in [0.1, 0.15) is 11.8 Å². The van der Waals surface area contributed by atoms with E-state index in [-0.39, 0.29) is 0 Å². The van der Waals surface area contributed by atoms with Gasteiger partial charge in [0.25, 0.3) is 0 Å². The highest BCUT2D eigenvalue weighted by atomic mass is 16.5. The fourth-order valence-electron chi connectivity index (χ4n) is 1.54. The lowest BCUT2D eigenvalue weighted by Gasteiger charge is -2.06. The predicted molar refractivity (Wildman–Crippen MR) is 62.0 cm³/mol. The minimum atomic E-state index is 0.400. The first-order valence-electron chi connectivity index (χ1n) is 4.97. The molecule has 0 amide bonds. The zero-order valence-corrected chi connectivity index (χ0v) is 8.90. The van der Waals surface area contributed by atoms with Crippen LogP contribution >= 0.6 is 0 Å². The third-order valence-electron chi connectivity index (χ3n) is 2.31. The molecule has 0 aliphatic carbocycles. The number of aromatic nitrogens is 1. The highest BCUT2D eigenvalue weighted by Crippen LogP contribution is 2.25. The molecular formula is C12H11N3O. The van der Waals surface area contributed by atoms with E-state index >= 15 is 0 Å². The fourth-order valence-corrected chi connectivity index (χ4v) is 1.54. The summed E-state index contributed by atoms with van der Waals surface area (Å²) in [6.07, 6.45) is 1.48. The average Bonchev–Trinajstić information content (AvgIpc) is 2.30. The molecule has 0 aliphatic rings. The van der Waals surface area contributed by atoms with Crippen molar-refractivity contribution in [2.45, 2.75) is 6.92 Å². The van der Waals surface area contributed by atoms with Crippen molar-refractivity contribution in [3.63, 3.8) is 0 Å². The third kappa shape index (κ3) is 1.63. The van der Waals surface area contributed by atoms with E-state index in [1.807, 2.05) is 31.2 Å². The smallest absolute Gasteiger partial charge is 0.121 e. The number of anilines is 1. The van der Waals surface area contributed by atoms with E-state index in [4.69, 9.17) is 15.7 Å². The quantitative estimate of drug-likeness (QED) is 0.829. The van der Waals surface area contributed by atoms with Crippen molar-refractivity contribution < 1.29 is 4.74 Å². The van der Waals surface area contributed by atoms with Gasteiger partial charge in [0.2, 0.25) is 0 Å². The minimum absolute atomic E-state index is 0.400. The molecule has 4 nitrogen and oxygen atoms in total. The Bertz CT molecular complexity index is 572. The van der Waals surface area contributed by atoms with Crippen molar-refractivity contribution in [2.24, 2.45) is 0 Å². The molecule has 0 saturated carbocycles. The Morgan fingerprint density at radius 3 is 3.00 bits per heavy atom. The van der Waals surface area contributed by atoms with Crippen LogP contribution in [-0.2, 0) is 0 Å². The molecule has 0 fully saturated rings. The fraction of sp³-hybridized carbons (Fsp3) is 0.167. The SMILES string of the molecule is CCOc1ccc2c(N)c(C#N)cnc2c1. The largest absolute Gasteiger partial charge is 0.494 e. The molecule has 1 aromatic heterocycles. The van der Waals surface area contributed by atoms with Crippen LogP contribution in [0.3, 0.4) is 0 Å². The second-order valence-electron chi connectivity index (χ2n) is 3.31. The Hall–Kier alpha value is -2.28. The number of ether oxygens (including phenoxy) is 1. The summed E-state index contributed by atoms with van der Waals surface area (Å²) in [4.78, 5) is 4.17. The molecule has 4 heteroatoms. The summed E-state index contributed by atoms with van der Waals surface area (Å²) < 4.78 is 5.36. The van der Waals surface area contributed by atoms with Crippen molar-refractivity contribution in [1.29, 1.82) is 5.26 Å². The lowest BCUT2D eigenvalue weighted by Crippen LogP contribution is -1.96. The molecule has 0 spiro atoms. The zero-order chi connectivity index (χ0) is 11.5. The number of benzene rings is 1. The Kier molecular flexibility index (Phi) is 2.61. The number of nitriles is 1. The number of rotatable bonds is 2. The summed E-state index contributed by atoms with van der Waals surface area (Å²) in [5.41, 5.74) is 7.46. The number of hydrogen-bond acceptors (Lipinski definition) is 4. The van der Waals surface area contributed by atoms with Crippen LogP contribution in [0.2, 0.25) is 0 Å². The maximum absolute atomic E-state index is 8.82. The Morgan fingerprint density at radius 1 is 1.50 bits per heavy atom. The lowest BCUT2D eigenvalue weighted by molar-refractivity contribution is 0.340. The molecule has 0 radical (unpaired) electrons. The highest BCUT2D eigenvalue weighted by molar-refractivity contribution is 5.93. The van der Waals surface area contributed by atoms with Crippen molar-refractivity contribution >= 4 is 16.6 Å². The summed E-state index contributed by atoms with van der Waals surface area (Å²) in [5, 5.41) is 9.60. The van der Waals surface area contributed by atoms with Crippen LogP contribution < -0.4 is 10.5 Å². The van der Waals surface area contributed by atoms with Crippen LogP contribution in [0.15, 0.2) is 24.4 Å². The predicted octanol–water partition coefficient (Wildman–Crippen LogP) is 2.09. The molecule has 0 atom stereocenters. The summed E-state index contributed by atoms with van der Waals surface area (Å²) in [5.74, 6) is 0.756. The van der Waals surface area contributed by atoms with Gasteiger partial charge >= 0.3 is 0 Å². The molecule has 0 aliphatic heterocycles. The summed E-state index contributed by atoms with van der Waals surface area (Å²) >= 11 is 0. The van der Waals surface area contributed by atoms with E-state index < -0.39 is 0 Å². The number of nitrogens with two attached hydrogens (primary N) is 1. The summed E-state index contributed by atoms with van der Waals surface area (Å²) in [6, 6.07) is 7.47. The van der Waals surface area contributed by atoms with Crippen LogP contribution in [0.4, 0.5) is 5.69 Å².